The number of rotatable bonds is 6. The van der Waals surface area contributed by atoms with E-state index in [2.05, 4.69) is 4.98 Å². The smallest absolute Gasteiger partial charge is 0.349 e. The third-order valence-corrected chi connectivity index (χ3v) is 4.23. The van der Waals surface area contributed by atoms with Crippen LogP contribution in [0, 0.1) is 0 Å². The maximum atomic E-state index is 11.2. The molecule has 0 spiro atoms. The van der Waals surface area contributed by atoms with Crippen molar-refractivity contribution in [2.24, 2.45) is 0 Å². The Balaban J connectivity index is 2.03. The highest BCUT2D eigenvalue weighted by atomic mass is 32.1. The summed E-state index contributed by atoms with van der Waals surface area (Å²) < 4.78 is 5.62. The van der Waals surface area contributed by atoms with Gasteiger partial charge in [-0.15, -0.1) is 11.3 Å². The molecule has 0 saturated carbocycles. The van der Waals surface area contributed by atoms with Crippen molar-refractivity contribution in [3.8, 4) is 5.75 Å². The maximum absolute atomic E-state index is 11.2. The third kappa shape index (κ3) is 3.57. The molecule has 0 aromatic carbocycles. The molecule has 0 bridgehead atoms. The molecule has 0 atom stereocenters. The summed E-state index contributed by atoms with van der Waals surface area (Å²) in [5.74, 6) is -0.178. The first-order valence-corrected chi connectivity index (χ1v) is 7.29. The fraction of sp³-hybridized carbons (Fsp3) is 0.333. The van der Waals surface area contributed by atoms with Crippen molar-refractivity contribution in [1.82, 2.24) is 4.98 Å². The van der Waals surface area contributed by atoms with Crippen molar-refractivity contribution in [2.45, 2.75) is 26.2 Å². The van der Waals surface area contributed by atoms with Gasteiger partial charge in [-0.1, -0.05) is 19.9 Å². The predicted octanol–water partition coefficient (Wildman–Crippen LogP) is 3.59. The van der Waals surface area contributed by atoms with E-state index in [9.17, 15) is 9.90 Å². The maximum Gasteiger partial charge on any atom is 0.349 e. The van der Waals surface area contributed by atoms with Crippen molar-refractivity contribution in [2.75, 3.05) is 6.61 Å². The number of aromatic nitrogens is 1. The molecule has 0 fully saturated rings. The van der Waals surface area contributed by atoms with Crippen LogP contribution >= 0.6 is 11.3 Å². The largest absolute Gasteiger partial charge is 0.491 e. The molecule has 0 aliphatic carbocycles. The number of nitrogens with zero attached hydrogens (tertiary/aromatic N) is 1. The Morgan fingerprint density at radius 2 is 2.25 bits per heavy atom. The van der Waals surface area contributed by atoms with Crippen LogP contribution in [0.2, 0.25) is 0 Å². The summed E-state index contributed by atoms with van der Waals surface area (Å²) >= 11 is 1.28. The van der Waals surface area contributed by atoms with Crippen LogP contribution in [0.25, 0.3) is 0 Å². The second kappa shape index (κ2) is 6.52. The molecule has 1 N–H and O–H groups in total. The summed E-state index contributed by atoms with van der Waals surface area (Å²) in [6.45, 7) is 4.50. The molecule has 5 heteroatoms. The zero-order valence-electron chi connectivity index (χ0n) is 11.5. The minimum Gasteiger partial charge on any atom is -0.491 e. The molecule has 0 aliphatic rings. The molecule has 2 aromatic heterocycles. The summed E-state index contributed by atoms with van der Waals surface area (Å²) in [6, 6.07) is 7.54. The fourth-order valence-electron chi connectivity index (χ4n) is 1.74. The average molecular weight is 291 g/mol. The molecule has 0 amide bonds. The van der Waals surface area contributed by atoms with E-state index >= 15 is 0 Å². The molecule has 106 valence electrons. The first kappa shape index (κ1) is 14.5. The van der Waals surface area contributed by atoms with Crippen LogP contribution in [-0.2, 0) is 6.42 Å². The number of hydrogen-bond donors (Lipinski definition) is 1. The van der Waals surface area contributed by atoms with Gasteiger partial charge in [0.25, 0.3) is 0 Å². The first-order valence-electron chi connectivity index (χ1n) is 6.47. The van der Waals surface area contributed by atoms with E-state index in [0.29, 0.717) is 24.7 Å². The molecule has 2 rings (SSSR count). The first-order chi connectivity index (χ1) is 9.58. The van der Waals surface area contributed by atoms with Crippen molar-refractivity contribution in [3.63, 3.8) is 0 Å². The third-order valence-electron chi connectivity index (χ3n) is 2.82. The van der Waals surface area contributed by atoms with Crippen molar-refractivity contribution < 1.29 is 14.6 Å². The highest BCUT2D eigenvalue weighted by molar-refractivity contribution is 7.14. The van der Waals surface area contributed by atoms with Gasteiger partial charge in [0, 0.05) is 23.2 Å². The lowest BCUT2D eigenvalue weighted by molar-refractivity contribution is 0.0698. The number of carboxylic acids is 1. The topological polar surface area (TPSA) is 59.4 Å². The summed E-state index contributed by atoms with van der Waals surface area (Å²) in [7, 11) is 0. The summed E-state index contributed by atoms with van der Waals surface area (Å²) in [6.07, 6.45) is 2.40. The summed E-state index contributed by atoms with van der Waals surface area (Å²) in [5.41, 5.74) is 0.934. The number of carbonyl (C=O) groups is 1. The number of thiophene rings is 1. The van der Waals surface area contributed by atoms with Gasteiger partial charge in [0.1, 0.15) is 5.75 Å². The fourth-order valence-corrected chi connectivity index (χ4v) is 2.69. The van der Waals surface area contributed by atoms with Gasteiger partial charge in [-0.2, -0.15) is 0 Å². The molecule has 2 aromatic rings. The average Bonchev–Trinajstić information content (AvgIpc) is 2.84. The molecule has 2 heterocycles. The number of hydrogen-bond acceptors (Lipinski definition) is 4. The quantitative estimate of drug-likeness (QED) is 0.883. The van der Waals surface area contributed by atoms with Gasteiger partial charge in [0.2, 0.25) is 0 Å². The summed E-state index contributed by atoms with van der Waals surface area (Å²) in [4.78, 5) is 16.7. The van der Waals surface area contributed by atoms with E-state index in [4.69, 9.17) is 4.74 Å². The number of pyridine rings is 1. The Morgan fingerprint density at radius 3 is 2.85 bits per heavy atom. The Labute approximate surface area is 122 Å². The van der Waals surface area contributed by atoms with Gasteiger partial charge in [0.15, 0.2) is 4.88 Å². The van der Waals surface area contributed by atoms with E-state index in [1.54, 1.807) is 6.20 Å². The second-order valence-corrected chi connectivity index (χ2v) is 5.81. The minimum atomic E-state index is -0.935. The van der Waals surface area contributed by atoms with Gasteiger partial charge in [-0.3, -0.25) is 4.98 Å². The summed E-state index contributed by atoms with van der Waals surface area (Å²) in [5, 5.41) is 9.20. The Kier molecular flexibility index (Phi) is 4.74. The van der Waals surface area contributed by atoms with Gasteiger partial charge in [-0.25, -0.2) is 4.79 Å². The Morgan fingerprint density at radius 1 is 1.45 bits per heavy atom. The van der Waals surface area contributed by atoms with Gasteiger partial charge in [-0.05, 0) is 24.1 Å². The van der Waals surface area contributed by atoms with Crippen molar-refractivity contribution in [1.29, 1.82) is 0 Å². The van der Waals surface area contributed by atoms with Crippen LogP contribution in [0.1, 0.15) is 40.0 Å². The normalized spacial score (nSPS) is 10.8. The number of ether oxygens (including phenoxy) is 1. The van der Waals surface area contributed by atoms with Gasteiger partial charge >= 0.3 is 5.97 Å². The Hall–Kier alpha value is -1.88. The zero-order valence-corrected chi connectivity index (χ0v) is 12.3. The van der Waals surface area contributed by atoms with Crippen LogP contribution in [0.5, 0.6) is 5.75 Å². The molecule has 4 nitrogen and oxygen atoms in total. The zero-order chi connectivity index (χ0) is 14.5. The second-order valence-electron chi connectivity index (χ2n) is 4.72. The van der Waals surface area contributed by atoms with E-state index in [1.807, 2.05) is 38.1 Å². The highest BCUT2D eigenvalue weighted by Gasteiger charge is 2.18. The molecule has 20 heavy (non-hydrogen) atoms. The van der Waals surface area contributed by atoms with Crippen molar-refractivity contribution in [3.05, 3.63) is 45.9 Å². The van der Waals surface area contributed by atoms with E-state index in [-0.39, 0.29) is 4.88 Å². The lowest BCUT2D eigenvalue weighted by atomic mass is 10.2. The number of carboxylic acid groups (broad SMARTS) is 1. The van der Waals surface area contributed by atoms with Crippen LogP contribution in [0.15, 0.2) is 30.5 Å². The molecule has 0 saturated heterocycles. The van der Waals surface area contributed by atoms with Crippen LogP contribution in [0.3, 0.4) is 0 Å². The molecule has 0 radical (unpaired) electrons. The van der Waals surface area contributed by atoms with Crippen LogP contribution in [-0.4, -0.2) is 22.7 Å². The molecular formula is C15H17NO3S. The van der Waals surface area contributed by atoms with E-state index < -0.39 is 5.97 Å². The SMILES string of the molecule is CC(C)c1cc(OCCc2ccccn2)c(C(=O)O)s1. The minimum absolute atomic E-state index is 0.273. The van der Waals surface area contributed by atoms with E-state index in [1.165, 1.54) is 11.3 Å². The van der Waals surface area contributed by atoms with Crippen LogP contribution in [0.4, 0.5) is 0 Å². The van der Waals surface area contributed by atoms with Gasteiger partial charge < -0.3 is 9.84 Å². The molecule has 0 aliphatic heterocycles. The highest BCUT2D eigenvalue weighted by Crippen LogP contribution is 2.33. The Bertz CT molecular complexity index is 578. The monoisotopic (exact) mass is 291 g/mol. The molecule has 0 unspecified atom stereocenters. The van der Waals surface area contributed by atoms with Gasteiger partial charge in [0.05, 0.1) is 6.61 Å². The van der Waals surface area contributed by atoms with E-state index in [0.717, 1.165) is 10.6 Å². The van der Waals surface area contributed by atoms with Crippen LogP contribution < -0.4 is 4.74 Å². The lowest BCUT2D eigenvalue weighted by Crippen LogP contribution is -2.04. The lowest BCUT2D eigenvalue weighted by Gasteiger charge is -2.04. The standard InChI is InChI=1S/C15H17NO3S/c1-10(2)13-9-12(14(20-13)15(17)18)19-8-6-11-5-3-4-7-16-11/h3-5,7,9-10H,6,8H2,1-2H3,(H,17,18). The number of aromatic carboxylic acids is 1. The van der Waals surface area contributed by atoms with Crippen molar-refractivity contribution >= 4 is 17.3 Å². The predicted molar refractivity (Wildman–Crippen MR) is 78.8 cm³/mol. The molecular weight excluding hydrogens is 274 g/mol.